The predicted molar refractivity (Wildman–Crippen MR) is 94.9 cm³/mol. The van der Waals surface area contributed by atoms with Crippen LogP contribution in [0.3, 0.4) is 0 Å². The molecule has 0 radical (unpaired) electrons. The van der Waals surface area contributed by atoms with Gasteiger partial charge in [-0.1, -0.05) is 24.6 Å². The normalized spacial score (nSPS) is 13.6. The molecule has 0 N–H and O–H groups in total. The largest absolute Gasteiger partial charge is 0.493 e. The van der Waals surface area contributed by atoms with Crippen molar-refractivity contribution in [2.24, 2.45) is 0 Å². The fraction of sp³-hybridized carbons (Fsp3) is 0.400. The van der Waals surface area contributed by atoms with Gasteiger partial charge in [0.25, 0.3) is 5.56 Å². The van der Waals surface area contributed by atoms with Crippen LogP contribution >= 0.6 is 0 Å². The van der Waals surface area contributed by atoms with Gasteiger partial charge in [-0.05, 0) is 32.3 Å². The van der Waals surface area contributed by atoms with E-state index in [0.29, 0.717) is 30.8 Å². The van der Waals surface area contributed by atoms with Gasteiger partial charge in [-0.3, -0.25) is 4.79 Å². The van der Waals surface area contributed by atoms with Gasteiger partial charge in [0.05, 0.1) is 6.61 Å². The average molecular weight is 359 g/mol. The lowest BCUT2D eigenvalue weighted by atomic mass is 10.1. The summed E-state index contributed by atoms with van der Waals surface area (Å²) >= 11 is 0. The van der Waals surface area contributed by atoms with Gasteiger partial charge in [0.2, 0.25) is 0 Å². The Kier molecular flexibility index (Phi) is 5.71. The number of carbonyl (C=O) groups is 1. The van der Waals surface area contributed by atoms with E-state index in [9.17, 15) is 14.0 Å². The number of aromatic nitrogens is 1. The van der Waals surface area contributed by atoms with Crippen molar-refractivity contribution in [2.75, 3.05) is 6.61 Å². The van der Waals surface area contributed by atoms with Crippen LogP contribution in [0.1, 0.15) is 47.8 Å². The first-order chi connectivity index (χ1) is 12.6. The molecule has 5 nitrogen and oxygen atoms in total. The summed E-state index contributed by atoms with van der Waals surface area (Å²) in [6.07, 6.45) is 3.39. The lowest BCUT2D eigenvalue weighted by molar-refractivity contribution is 0.0461. The van der Waals surface area contributed by atoms with Crippen LogP contribution in [0.2, 0.25) is 0 Å². The van der Waals surface area contributed by atoms with E-state index in [2.05, 4.69) is 0 Å². The first kappa shape index (κ1) is 18.2. The molecule has 0 atom stereocenters. The van der Waals surface area contributed by atoms with Crippen LogP contribution in [0.15, 0.2) is 35.1 Å². The van der Waals surface area contributed by atoms with Gasteiger partial charge in [0, 0.05) is 23.9 Å². The van der Waals surface area contributed by atoms with Crippen molar-refractivity contribution in [1.82, 2.24) is 4.57 Å². The Balaban J connectivity index is 1.95. The molecule has 26 heavy (non-hydrogen) atoms. The quantitative estimate of drug-likeness (QED) is 0.767. The number of ether oxygens (including phenoxy) is 2. The molecule has 1 aromatic heterocycles. The van der Waals surface area contributed by atoms with Gasteiger partial charge in [-0.25, -0.2) is 9.18 Å². The molecule has 0 bridgehead atoms. The molecule has 2 heterocycles. The summed E-state index contributed by atoms with van der Waals surface area (Å²) in [7, 11) is 0. The number of hydrogen-bond donors (Lipinski definition) is 0. The molecule has 0 fully saturated rings. The maximum Gasteiger partial charge on any atom is 0.344 e. The van der Waals surface area contributed by atoms with Crippen molar-refractivity contribution in [3.63, 3.8) is 0 Å². The monoisotopic (exact) mass is 359 g/mol. The topological polar surface area (TPSA) is 57.5 Å². The third kappa shape index (κ3) is 3.79. The molecule has 0 saturated heterocycles. The second-order valence-corrected chi connectivity index (χ2v) is 6.23. The predicted octanol–water partition coefficient (Wildman–Crippen LogP) is 3.47. The third-order valence-corrected chi connectivity index (χ3v) is 4.50. The Labute approximate surface area is 151 Å². The number of pyridine rings is 1. The van der Waals surface area contributed by atoms with Crippen molar-refractivity contribution in [1.29, 1.82) is 0 Å². The van der Waals surface area contributed by atoms with Gasteiger partial charge in [0.15, 0.2) is 0 Å². The molecule has 6 heteroatoms. The maximum absolute atomic E-state index is 13.8. The van der Waals surface area contributed by atoms with Crippen LogP contribution in [-0.4, -0.2) is 17.1 Å². The van der Waals surface area contributed by atoms with Gasteiger partial charge in [-0.2, -0.15) is 0 Å². The fourth-order valence-corrected chi connectivity index (χ4v) is 3.24. The number of esters is 1. The number of rotatable bonds is 5. The second-order valence-electron chi connectivity index (χ2n) is 6.23. The molecule has 3 rings (SSSR count). The second kappa shape index (κ2) is 8.17. The minimum Gasteiger partial charge on any atom is -0.493 e. The van der Waals surface area contributed by atoms with Gasteiger partial charge >= 0.3 is 5.97 Å². The van der Waals surface area contributed by atoms with Crippen LogP contribution in [0, 0.1) is 5.82 Å². The molecule has 0 amide bonds. The third-order valence-electron chi connectivity index (χ3n) is 4.50. The Morgan fingerprint density at radius 2 is 2.04 bits per heavy atom. The van der Waals surface area contributed by atoms with E-state index >= 15 is 0 Å². The van der Waals surface area contributed by atoms with Crippen molar-refractivity contribution in [3.05, 3.63) is 63.3 Å². The highest BCUT2D eigenvalue weighted by atomic mass is 19.1. The van der Waals surface area contributed by atoms with E-state index in [1.807, 2.05) is 0 Å². The highest BCUT2D eigenvalue weighted by Gasteiger charge is 2.25. The zero-order valence-corrected chi connectivity index (χ0v) is 14.8. The molecule has 0 unspecified atom stereocenters. The Hall–Kier alpha value is -2.63. The SMILES string of the molecule is CCOc1cc(=O)n2c(c1C(=O)OCc1ccccc1F)CCCCC2. The first-order valence-corrected chi connectivity index (χ1v) is 8.92. The zero-order valence-electron chi connectivity index (χ0n) is 14.8. The summed E-state index contributed by atoms with van der Waals surface area (Å²) in [6, 6.07) is 7.51. The summed E-state index contributed by atoms with van der Waals surface area (Å²) in [5, 5.41) is 0. The van der Waals surface area contributed by atoms with Crippen LogP contribution < -0.4 is 10.3 Å². The Morgan fingerprint density at radius 3 is 2.81 bits per heavy atom. The van der Waals surface area contributed by atoms with Crippen LogP contribution in [0.4, 0.5) is 4.39 Å². The summed E-state index contributed by atoms with van der Waals surface area (Å²) in [5.41, 5.74) is 1.07. The standard InChI is InChI=1S/C20H22FNO4/c1-2-25-17-12-18(23)22-11-7-3-4-10-16(22)19(17)20(24)26-13-14-8-5-6-9-15(14)21/h5-6,8-9,12H,2-4,7,10-11,13H2,1H3. The highest BCUT2D eigenvalue weighted by molar-refractivity contribution is 5.93. The summed E-state index contributed by atoms with van der Waals surface area (Å²) < 4.78 is 26.3. The molecule has 1 aliphatic rings. The minimum atomic E-state index is -0.595. The first-order valence-electron chi connectivity index (χ1n) is 8.92. The van der Waals surface area contributed by atoms with Gasteiger partial charge in [-0.15, -0.1) is 0 Å². The molecule has 1 aromatic carbocycles. The number of fused-ring (bicyclic) bond motifs is 1. The summed E-state index contributed by atoms with van der Waals surface area (Å²) in [6.45, 7) is 2.53. The van der Waals surface area contributed by atoms with Crippen molar-refractivity contribution in [3.8, 4) is 5.75 Å². The van der Waals surface area contributed by atoms with Gasteiger partial charge in [0.1, 0.15) is 23.7 Å². The van der Waals surface area contributed by atoms with Crippen LogP contribution in [0.5, 0.6) is 5.75 Å². The molecule has 138 valence electrons. The number of hydrogen-bond acceptors (Lipinski definition) is 4. The Morgan fingerprint density at radius 1 is 1.23 bits per heavy atom. The van der Waals surface area contributed by atoms with Crippen molar-refractivity contribution >= 4 is 5.97 Å². The summed E-state index contributed by atoms with van der Waals surface area (Å²) in [5.74, 6) is -0.778. The molecular formula is C20H22FNO4. The highest BCUT2D eigenvalue weighted by Crippen LogP contribution is 2.26. The van der Waals surface area contributed by atoms with E-state index in [1.165, 1.54) is 12.1 Å². The lowest BCUT2D eigenvalue weighted by Crippen LogP contribution is -2.26. The number of carbonyl (C=O) groups excluding carboxylic acids is 1. The van der Waals surface area contributed by atoms with E-state index in [0.717, 1.165) is 19.3 Å². The molecule has 0 spiro atoms. The van der Waals surface area contributed by atoms with Crippen molar-refractivity contribution in [2.45, 2.75) is 45.8 Å². The zero-order chi connectivity index (χ0) is 18.5. The smallest absolute Gasteiger partial charge is 0.344 e. The minimum absolute atomic E-state index is 0.170. The lowest BCUT2D eigenvalue weighted by Gasteiger charge is -2.17. The Bertz CT molecular complexity index is 859. The van der Waals surface area contributed by atoms with E-state index in [1.54, 1.807) is 29.7 Å². The fourth-order valence-electron chi connectivity index (χ4n) is 3.24. The number of halogens is 1. The number of nitrogens with zero attached hydrogens (tertiary/aromatic N) is 1. The molecular weight excluding hydrogens is 337 g/mol. The van der Waals surface area contributed by atoms with Crippen LogP contribution in [-0.2, 0) is 24.3 Å². The van der Waals surface area contributed by atoms with Gasteiger partial charge < -0.3 is 14.0 Å². The van der Waals surface area contributed by atoms with Crippen molar-refractivity contribution < 1.29 is 18.7 Å². The maximum atomic E-state index is 13.8. The van der Waals surface area contributed by atoms with E-state index in [-0.39, 0.29) is 23.5 Å². The summed E-state index contributed by atoms with van der Waals surface area (Å²) in [4.78, 5) is 25.2. The van der Waals surface area contributed by atoms with E-state index < -0.39 is 11.8 Å². The molecule has 2 aromatic rings. The molecule has 1 aliphatic heterocycles. The van der Waals surface area contributed by atoms with Crippen LogP contribution in [0.25, 0.3) is 0 Å². The van der Waals surface area contributed by atoms with E-state index in [4.69, 9.17) is 9.47 Å². The number of benzene rings is 1. The molecule has 0 aliphatic carbocycles. The molecule has 0 saturated carbocycles. The average Bonchev–Trinajstić information content (AvgIpc) is 2.88.